The van der Waals surface area contributed by atoms with Gasteiger partial charge in [0.15, 0.2) is 0 Å². The van der Waals surface area contributed by atoms with E-state index in [0.29, 0.717) is 0 Å². The number of aliphatic hydroxyl groups is 2. The van der Waals surface area contributed by atoms with Crippen LogP contribution in [-0.2, 0) is 24.2 Å². The number of nitrogens with one attached hydrogen (secondary N) is 1. The number of carbonyl (C=O) groups excluding carboxylic acids is 1. The van der Waals surface area contributed by atoms with Crippen molar-refractivity contribution in [3.8, 4) is 0 Å². The van der Waals surface area contributed by atoms with Crippen molar-refractivity contribution in [2.75, 3.05) is 6.54 Å². The summed E-state index contributed by atoms with van der Waals surface area (Å²) in [5.41, 5.74) is 4.99. The first-order chi connectivity index (χ1) is 13.5. The normalized spacial score (nSPS) is 13.0. The summed E-state index contributed by atoms with van der Waals surface area (Å²) in [4.78, 5) is 11.8. The molecule has 0 aliphatic rings. The molecule has 5 nitrogen and oxygen atoms in total. The number of amides is 1. The molecule has 1 amide bonds. The lowest BCUT2D eigenvalue weighted by Gasteiger charge is -2.24. The molecular weight excluding hydrogens is 354 g/mol. The van der Waals surface area contributed by atoms with E-state index in [2.05, 4.69) is 17.4 Å². The Bertz CT molecular complexity index is 735. The van der Waals surface area contributed by atoms with Gasteiger partial charge in [-0.25, -0.2) is 4.79 Å². The maximum Gasteiger partial charge on any atom is 0.407 e. The van der Waals surface area contributed by atoms with E-state index >= 15 is 0 Å². The van der Waals surface area contributed by atoms with Crippen LogP contribution in [0.3, 0.4) is 0 Å². The Morgan fingerprint density at radius 1 is 1.07 bits per heavy atom. The fourth-order valence-corrected chi connectivity index (χ4v) is 3.36. The van der Waals surface area contributed by atoms with Crippen LogP contribution in [0.2, 0.25) is 0 Å². The lowest BCUT2D eigenvalue weighted by molar-refractivity contribution is 0.0126. The highest BCUT2D eigenvalue weighted by Gasteiger charge is 2.23. The summed E-state index contributed by atoms with van der Waals surface area (Å²) in [5, 5.41) is 23.8. The number of carbonyl (C=O) groups is 1. The number of ether oxygens (including phenoxy) is 1. The molecule has 2 aromatic rings. The Hall–Kier alpha value is -2.37. The third kappa shape index (κ3) is 6.08. The first-order valence-corrected chi connectivity index (χ1v) is 9.89. The Kier molecular flexibility index (Phi) is 8.48. The highest BCUT2D eigenvalue weighted by atomic mass is 16.5. The van der Waals surface area contributed by atoms with E-state index in [4.69, 9.17) is 4.74 Å². The first-order valence-electron chi connectivity index (χ1n) is 9.89. The van der Waals surface area contributed by atoms with Crippen LogP contribution in [0.15, 0.2) is 42.5 Å². The zero-order valence-corrected chi connectivity index (χ0v) is 16.9. The van der Waals surface area contributed by atoms with E-state index in [1.54, 1.807) is 0 Å². The van der Waals surface area contributed by atoms with Gasteiger partial charge in [0, 0.05) is 6.54 Å². The van der Waals surface area contributed by atoms with E-state index in [9.17, 15) is 15.0 Å². The Morgan fingerprint density at radius 3 is 2.25 bits per heavy atom. The van der Waals surface area contributed by atoms with Crippen LogP contribution >= 0.6 is 0 Å². The van der Waals surface area contributed by atoms with Crippen molar-refractivity contribution in [3.05, 3.63) is 70.3 Å². The SMILES string of the molecule is CCc1cc(C)cc(CC)c1C(O)C(O)CCNC(=O)OCc1ccccc1. The number of hydrogen-bond acceptors (Lipinski definition) is 4. The predicted octanol–water partition coefficient (Wildman–Crippen LogP) is 3.83. The van der Waals surface area contributed by atoms with Crippen LogP contribution in [0.25, 0.3) is 0 Å². The van der Waals surface area contributed by atoms with Crippen molar-refractivity contribution in [2.24, 2.45) is 0 Å². The predicted molar refractivity (Wildman–Crippen MR) is 110 cm³/mol. The molecule has 0 aromatic heterocycles. The van der Waals surface area contributed by atoms with E-state index < -0.39 is 18.3 Å². The van der Waals surface area contributed by atoms with Crippen molar-refractivity contribution in [1.82, 2.24) is 5.32 Å². The van der Waals surface area contributed by atoms with E-state index in [1.165, 1.54) is 0 Å². The minimum Gasteiger partial charge on any atom is -0.445 e. The summed E-state index contributed by atoms with van der Waals surface area (Å²) < 4.78 is 5.15. The summed E-state index contributed by atoms with van der Waals surface area (Å²) in [6.45, 7) is 6.54. The average molecular weight is 386 g/mol. The molecule has 2 atom stereocenters. The molecule has 3 N–H and O–H groups in total. The van der Waals surface area contributed by atoms with Gasteiger partial charge in [0.2, 0.25) is 0 Å². The fourth-order valence-electron chi connectivity index (χ4n) is 3.36. The largest absolute Gasteiger partial charge is 0.445 e. The number of aryl methyl sites for hydroxylation is 3. The summed E-state index contributed by atoms with van der Waals surface area (Å²) in [7, 11) is 0. The maximum atomic E-state index is 11.8. The third-order valence-corrected chi connectivity index (χ3v) is 4.84. The summed E-state index contributed by atoms with van der Waals surface area (Å²) >= 11 is 0. The Morgan fingerprint density at radius 2 is 1.68 bits per heavy atom. The van der Waals surface area contributed by atoms with Crippen molar-refractivity contribution in [1.29, 1.82) is 0 Å². The zero-order valence-electron chi connectivity index (χ0n) is 16.9. The lowest BCUT2D eigenvalue weighted by atomic mass is 9.88. The molecule has 0 heterocycles. The highest BCUT2D eigenvalue weighted by Crippen LogP contribution is 2.28. The van der Waals surface area contributed by atoms with Gasteiger partial charge in [-0.2, -0.15) is 0 Å². The van der Waals surface area contributed by atoms with E-state index in [-0.39, 0.29) is 19.6 Å². The molecule has 2 rings (SSSR count). The smallest absolute Gasteiger partial charge is 0.407 e. The zero-order chi connectivity index (χ0) is 20.5. The fraction of sp³-hybridized carbons (Fsp3) is 0.435. The highest BCUT2D eigenvalue weighted by molar-refractivity contribution is 5.67. The second kappa shape index (κ2) is 10.8. The van der Waals surface area contributed by atoms with Crippen LogP contribution in [-0.4, -0.2) is 29.0 Å². The molecule has 2 unspecified atom stereocenters. The molecule has 0 radical (unpaired) electrons. The van der Waals surface area contributed by atoms with Gasteiger partial charge in [0.1, 0.15) is 12.7 Å². The Balaban J connectivity index is 1.87. The van der Waals surface area contributed by atoms with Crippen LogP contribution in [0.4, 0.5) is 4.79 Å². The van der Waals surface area contributed by atoms with Gasteiger partial charge in [-0.05, 0) is 48.4 Å². The third-order valence-electron chi connectivity index (χ3n) is 4.84. The molecular formula is C23H31NO4. The van der Waals surface area contributed by atoms with Crippen LogP contribution in [0, 0.1) is 6.92 Å². The van der Waals surface area contributed by atoms with Gasteiger partial charge in [-0.3, -0.25) is 0 Å². The monoisotopic (exact) mass is 385 g/mol. The number of aliphatic hydroxyl groups excluding tert-OH is 2. The van der Waals surface area contributed by atoms with Gasteiger partial charge < -0.3 is 20.3 Å². The van der Waals surface area contributed by atoms with E-state index in [0.717, 1.165) is 40.7 Å². The summed E-state index contributed by atoms with van der Waals surface area (Å²) in [6, 6.07) is 13.5. The first kappa shape index (κ1) is 21.9. The van der Waals surface area contributed by atoms with Crippen LogP contribution in [0.1, 0.15) is 54.2 Å². The number of hydrogen-bond donors (Lipinski definition) is 3. The van der Waals surface area contributed by atoms with Crippen molar-refractivity contribution in [3.63, 3.8) is 0 Å². The second-order valence-corrected chi connectivity index (χ2v) is 6.99. The molecule has 0 fully saturated rings. The minimum absolute atomic E-state index is 0.195. The van der Waals surface area contributed by atoms with E-state index in [1.807, 2.05) is 51.1 Å². The topological polar surface area (TPSA) is 78.8 Å². The molecule has 28 heavy (non-hydrogen) atoms. The maximum absolute atomic E-state index is 11.8. The molecule has 0 bridgehead atoms. The van der Waals surface area contributed by atoms with Gasteiger partial charge in [0.25, 0.3) is 0 Å². The Labute approximate surface area is 167 Å². The molecule has 0 aliphatic carbocycles. The molecule has 0 saturated carbocycles. The summed E-state index contributed by atoms with van der Waals surface area (Å²) in [6.07, 6.45) is -0.665. The van der Waals surface area contributed by atoms with Gasteiger partial charge in [-0.1, -0.05) is 61.9 Å². The molecule has 0 spiro atoms. The number of benzene rings is 2. The molecule has 0 aliphatic heterocycles. The van der Waals surface area contributed by atoms with Gasteiger partial charge >= 0.3 is 6.09 Å². The van der Waals surface area contributed by atoms with Gasteiger partial charge in [0.05, 0.1) is 6.10 Å². The number of alkyl carbamates (subject to hydrolysis) is 1. The standard InChI is InChI=1S/C23H31NO4/c1-4-18-13-16(3)14-19(5-2)21(18)22(26)20(25)11-12-24-23(27)28-15-17-9-7-6-8-10-17/h6-10,13-14,20,22,25-26H,4-5,11-12,15H2,1-3H3,(H,24,27). The van der Waals surface area contributed by atoms with Crippen LogP contribution < -0.4 is 5.32 Å². The quantitative estimate of drug-likeness (QED) is 0.613. The van der Waals surface area contributed by atoms with Crippen molar-refractivity contribution >= 4 is 6.09 Å². The number of rotatable bonds is 9. The summed E-state index contributed by atoms with van der Waals surface area (Å²) in [5.74, 6) is 0. The van der Waals surface area contributed by atoms with Crippen molar-refractivity contribution < 1.29 is 19.7 Å². The molecule has 5 heteroatoms. The lowest BCUT2D eigenvalue weighted by Crippen LogP contribution is -2.30. The molecule has 0 saturated heterocycles. The second-order valence-electron chi connectivity index (χ2n) is 6.99. The van der Waals surface area contributed by atoms with Crippen LogP contribution in [0.5, 0.6) is 0 Å². The molecule has 2 aromatic carbocycles. The van der Waals surface area contributed by atoms with Crippen molar-refractivity contribution in [2.45, 2.75) is 58.8 Å². The molecule has 152 valence electrons. The minimum atomic E-state index is -0.979. The van der Waals surface area contributed by atoms with Gasteiger partial charge in [-0.15, -0.1) is 0 Å². The average Bonchev–Trinajstić information content (AvgIpc) is 2.71.